The van der Waals surface area contributed by atoms with Gasteiger partial charge in [-0.3, -0.25) is 0 Å². The fraction of sp³-hybridized carbons (Fsp3) is 0.125. The Morgan fingerprint density at radius 2 is 1.83 bits per heavy atom. The summed E-state index contributed by atoms with van der Waals surface area (Å²) in [5, 5.41) is 10.7. The zero-order valence-electron chi connectivity index (χ0n) is 16.2. The van der Waals surface area contributed by atoms with Crippen molar-refractivity contribution in [2.45, 2.75) is 13.5 Å². The molecule has 0 N–H and O–H groups in total. The molecular formula is C24H18BrCl2NO2. The third-order valence-corrected chi connectivity index (χ3v) is 5.41. The number of nitriles is 1. The average molecular weight is 503 g/mol. The Hall–Kier alpha value is -2.45. The van der Waals surface area contributed by atoms with E-state index < -0.39 is 0 Å². The largest absolute Gasteiger partial charge is 0.490 e. The number of rotatable bonds is 7. The van der Waals surface area contributed by atoms with Crippen LogP contribution in [0.25, 0.3) is 11.6 Å². The zero-order chi connectivity index (χ0) is 21.5. The second-order valence-electron chi connectivity index (χ2n) is 6.32. The van der Waals surface area contributed by atoms with Gasteiger partial charge in [0.15, 0.2) is 11.5 Å². The van der Waals surface area contributed by atoms with Crippen LogP contribution in [0.2, 0.25) is 10.0 Å². The molecule has 152 valence electrons. The Morgan fingerprint density at radius 3 is 2.50 bits per heavy atom. The molecule has 0 spiro atoms. The topological polar surface area (TPSA) is 42.2 Å². The highest BCUT2D eigenvalue weighted by molar-refractivity contribution is 9.10. The smallest absolute Gasteiger partial charge is 0.175 e. The van der Waals surface area contributed by atoms with Crippen molar-refractivity contribution < 1.29 is 9.47 Å². The van der Waals surface area contributed by atoms with Crippen LogP contribution in [0.4, 0.5) is 0 Å². The molecule has 0 aromatic heterocycles. The van der Waals surface area contributed by atoms with Gasteiger partial charge in [0.25, 0.3) is 0 Å². The first-order valence-electron chi connectivity index (χ1n) is 9.22. The van der Waals surface area contributed by atoms with Crippen LogP contribution in [0.15, 0.2) is 65.1 Å². The van der Waals surface area contributed by atoms with Crippen molar-refractivity contribution in [1.82, 2.24) is 0 Å². The lowest BCUT2D eigenvalue weighted by molar-refractivity contribution is 0.267. The number of hydrogen-bond donors (Lipinski definition) is 0. The minimum atomic E-state index is 0.261. The number of allylic oxidation sites excluding steroid dienone is 1. The van der Waals surface area contributed by atoms with Crippen LogP contribution in [0.5, 0.6) is 11.5 Å². The molecule has 0 bridgehead atoms. The van der Waals surface area contributed by atoms with E-state index in [9.17, 15) is 5.26 Å². The average Bonchev–Trinajstić information content (AvgIpc) is 2.73. The highest BCUT2D eigenvalue weighted by Gasteiger charge is 2.14. The normalized spacial score (nSPS) is 11.1. The van der Waals surface area contributed by atoms with Crippen LogP contribution in [0.1, 0.15) is 23.6 Å². The van der Waals surface area contributed by atoms with E-state index in [2.05, 4.69) is 22.0 Å². The lowest BCUT2D eigenvalue weighted by Gasteiger charge is -2.15. The van der Waals surface area contributed by atoms with E-state index in [0.717, 1.165) is 21.2 Å². The standard InChI is InChI=1S/C24H18BrCl2NO2/c1-2-29-23-12-16(10-19(14-28)17-6-4-3-5-7-17)11-21(25)24(23)30-15-18-8-9-20(26)13-22(18)27/h3-13H,2,15H2,1H3. The summed E-state index contributed by atoms with van der Waals surface area (Å²) in [5.74, 6) is 1.15. The second kappa shape index (κ2) is 10.5. The Morgan fingerprint density at radius 1 is 1.07 bits per heavy atom. The third kappa shape index (κ3) is 5.58. The third-order valence-electron chi connectivity index (χ3n) is 4.24. The second-order valence-corrected chi connectivity index (χ2v) is 8.02. The molecule has 3 nitrogen and oxygen atoms in total. The van der Waals surface area contributed by atoms with Crippen LogP contribution in [0, 0.1) is 11.3 Å². The molecule has 0 aliphatic carbocycles. The fourth-order valence-corrected chi connectivity index (χ4v) is 3.86. The Bertz CT molecular complexity index is 1110. The van der Waals surface area contributed by atoms with Crippen molar-refractivity contribution in [1.29, 1.82) is 5.26 Å². The molecule has 0 unspecified atom stereocenters. The first kappa shape index (κ1) is 22.2. The monoisotopic (exact) mass is 501 g/mol. The van der Waals surface area contributed by atoms with Crippen LogP contribution in [0.3, 0.4) is 0 Å². The van der Waals surface area contributed by atoms with Gasteiger partial charge >= 0.3 is 0 Å². The summed E-state index contributed by atoms with van der Waals surface area (Å²) in [6.07, 6.45) is 1.82. The van der Waals surface area contributed by atoms with Crippen molar-refractivity contribution in [2.24, 2.45) is 0 Å². The van der Waals surface area contributed by atoms with Gasteiger partial charge in [0.1, 0.15) is 6.61 Å². The van der Waals surface area contributed by atoms with Gasteiger partial charge in [-0.25, -0.2) is 0 Å². The van der Waals surface area contributed by atoms with Gasteiger partial charge < -0.3 is 9.47 Å². The SMILES string of the molecule is CCOc1cc(C=C(C#N)c2ccccc2)cc(Br)c1OCc1ccc(Cl)cc1Cl. The predicted octanol–water partition coefficient (Wildman–Crippen LogP) is 7.80. The molecule has 0 atom stereocenters. The van der Waals surface area contributed by atoms with E-state index >= 15 is 0 Å². The molecule has 3 rings (SSSR count). The molecular weight excluding hydrogens is 485 g/mol. The minimum absolute atomic E-state index is 0.261. The first-order chi connectivity index (χ1) is 14.5. The number of nitrogens with zero attached hydrogens (tertiary/aromatic N) is 1. The maximum Gasteiger partial charge on any atom is 0.175 e. The van der Waals surface area contributed by atoms with E-state index in [4.69, 9.17) is 32.7 Å². The summed E-state index contributed by atoms with van der Waals surface area (Å²) in [6.45, 7) is 2.64. The van der Waals surface area contributed by atoms with Crippen molar-refractivity contribution in [3.05, 3.63) is 91.9 Å². The lowest BCUT2D eigenvalue weighted by atomic mass is 10.0. The molecule has 0 saturated heterocycles. The molecule has 0 radical (unpaired) electrons. The van der Waals surface area contributed by atoms with Crippen molar-refractivity contribution in [2.75, 3.05) is 6.61 Å². The van der Waals surface area contributed by atoms with Gasteiger partial charge in [0.2, 0.25) is 0 Å². The van der Waals surface area contributed by atoms with E-state index in [0.29, 0.717) is 33.7 Å². The van der Waals surface area contributed by atoms with Crippen LogP contribution < -0.4 is 9.47 Å². The summed E-state index contributed by atoms with van der Waals surface area (Å²) < 4.78 is 12.5. The van der Waals surface area contributed by atoms with E-state index in [1.54, 1.807) is 12.1 Å². The van der Waals surface area contributed by atoms with Crippen LogP contribution in [-0.2, 0) is 6.61 Å². The number of ether oxygens (including phenoxy) is 2. The van der Waals surface area contributed by atoms with Gasteiger partial charge in [-0.2, -0.15) is 5.26 Å². The molecule has 0 saturated carbocycles. The van der Waals surface area contributed by atoms with Gasteiger partial charge in [0.05, 0.1) is 22.7 Å². The quantitative estimate of drug-likeness (QED) is 0.244. The summed E-state index contributed by atoms with van der Waals surface area (Å²) >= 11 is 15.8. The predicted molar refractivity (Wildman–Crippen MR) is 126 cm³/mol. The number of hydrogen-bond acceptors (Lipinski definition) is 3. The molecule has 0 aliphatic rings. The molecule has 0 fully saturated rings. The first-order valence-corrected chi connectivity index (χ1v) is 10.8. The number of benzene rings is 3. The highest BCUT2D eigenvalue weighted by atomic mass is 79.9. The highest BCUT2D eigenvalue weighted by Crippen LogP contribution is 2.39. The molecule has 0 amide bonds. The van der Waals surface area contributed by atoms with E-state index in [1.165, 1.54) is 0 Å². The van der Waals surface area contributed by atoms with Gasteiger partial charge in [0, 0.05) is 15.6 Å². The van der Waals surface area contributed by atoms with Gasteiger partial charge in [-0.15, -0.1) is 0 Å². The summed E-state index contributed by atoms with van der Waals surface area (Å²) in [7, 11) is 0. The molecule has 3 aromatic rings. The Balaban J connectivity index is 1.92. The maximum atomic E-state index is 9.59. The van der Waals surface area contributed by atoms with Crippen LogP contribution in [-0.4, -0.2) is 6.61 Å². The molecule has 30 heavy (non-hydrogen) atoms. The number of halogens is 3. The minimum Gasteiger partial charge on any atom is -0.490 e. The molecule has 0 heterocycles. The lowest BCUT2D eigenvalue weighted by Crippen LogP contribution is -2.01. The summed E-state index contributed by atoms with van der Waals surface area (Å²) in [4.78, 5) is 0. The molecule has 3 aromatic carbocycles. The maximum absolute atomic E-state index is 9.59. The fourth-order valence-electron chi connectivity index (χ4n) is 2.83. The van der Waals surface area contributed by atoms with E-state index in [1.807, 2.05) is 61.5 Å². The molecule has 0 aliphatic heterocycles. The van der Waals surface area contributed by atoms with Gasteiger partial charge in [-0.05, 0) is 64.3 Å². The molecule has 6 heteroatoms. The summed E-state index contributed by atoms with van der Waals surface area (Å²) in [5.41, 5.74) is 3.05. The Kier molecular flexibility index (Phi) is 7.81. The van der Waals surface area contributed by atoms with Gasteiger partial charge in [-0.1, -0.05) is 59.6 Å². The summed E-state index contributed by atoms with van der Waals surface area (Å²) in [6, 6.07) is 20.8. The van der Waals surface area contributed by atoms with Crippen molar-refractivity contribution in [3.63, 3.8) is 0 Å². The van der Waals surface area contributed by atoms with E-state index in [-0.39, 0.29) is 6.61 Å². The van der Waals surface area contributed by atoms with Crippen molar-refractivity contribution >= 4 is 50.8 Å². The zero-order valence-corrected chi connectivity index (χ0v) is 19.3. The van der Waals surface area contributed by atoms with Crippen molar-refractivity contribution in [3.8, 4) is 17.6 Å². The Labute approximate surface area is 194 Å². The van der Waals surface area contributed by atoms with Crippen LogP contribution >= 0.6 is 39.1 Å².